The summed E-state index contributed by atoms with van der Waals surface area (Å²) in [5, 5.41) is 13.0. The van der Waals surface area contributed by atoms with Crippen LogP contribution in [0.25, 0.3) is 0 Å². The Morgan fingerprint density at radius 2 is 2.00 bits per heavy atom. The predicted octanol–water partition coefficient (Wildman–Crippen LogP) is 1.20. The minimum absolute atomic E-state index is 0.460. The summed E-state index contributed by atoms with van der Waals surface area (Å²) in [4.78, 5) is 6.76. The lowest BCUT2D eigenvalue weighted by Crippen LogP contribution is -2.09. The first kappa shape index (κ1) is 9.98. The van der Waals surface area contributed by atoms with Gasteiger partial charge >= 0.3 is 0 Å². The fourth-order valence-corrected chi connectivity index (χ4v) is 1.49. The van der Waals surface area contributed by atoms with Crippen molar-refractivity contribution in [1.29, 1.82) is 0 Å². The summed E-state index contributed by atoms with van der Waals surface area (Å²) in [7, 11) is 3.99. The van der Waals surface area contributed by atoms with Crippen molar-refractivity contribution in [1.82, 2.24) is 0 Å². The number of hydrogen-bond acceptors (Lipinski definition) is 4. The quantitative estimate of drug-likeness (QED) is 0.790. The second-order valence-electron chi connectivity index (χ2n) is 3.74. The van der Waals surface area contributed by atoms with Gasteiger partial charge in [-0.3, -0.25) is 0 Å². The Morgan fingerprint density at radius 3 is 2.47 bits per heavy atom. The van der Waals surface area contributed by atoms with E-state index in [1.165, 1.54) is 0 Å². The van der Waals surface area contributed by atoms with Crippen LogP contribution in [0.2, 0.25) is 0 Å². The molecular weight excluding hydrogens is 192 g/mol. The van der Waals surface area contributed by atoms with Gasteiger partial charge in [0, 0.05) is 19.8 Å². The summed E-state index contributed by atoms with van der Waals surface area (Å²) in [5.74, 6) is 0. The van der Waals surface area contributed by atoms with E-state index in [9.17, 15) is 0 Å². The van der Waals surface area contributed by atoms with Crippen LogP contribution in [-0.4, -0.2) is 31.2 Å². The number of hydrogen-bond donors (Lipinski definition) is 1. The molecule has 0 fully saturated rings. The molecule has 80 valence electrons. The van der Waals surface area contributed by atoms with E-state index in [0.29, 0.717) is 6.42 Å². The molecule has 0 saturated heterocycles. The Kier molecular flexibility index (Phi) is 2.60. The number of aliphatic hydroxyl groups is 1. The average molecular weight is 206 g/mol. The van der Waals surface area contributed by atoms with Gasteiger partial charge in [-0.05, 0) is 17.7 Å². The molecule has 2 rings (SSSR count). The van der Waals surface area contributed by atoms with Gasteiger partial charge in [0.2, 0.25) is 6.29 Å². The molecule has 0 aliphatic carbocycles. The fraction of sp³-hybridized carbons (Fsp3) is 0.364. The monoisotopic (exact) mass is 206 g/mol. The lowest BCUT2D eigenvalue weighted by atomic mass is 10.1. The molecule has 4 heteroatoms. The molecule has 0 spiro atoms. The summed E-state index contributed by atoms with van der Waals surface area (Å²) in [6.07, 6.45) is -0.324. The third-order valence-electron chi connectivity index (χ3n) is 2.37. The maximum atomic E-state index is 9.16. The summed E-state index contributed by atoms with van der Waals surface area (Å²) in [6.45, 7) is 0. The van der Waals surface area contributed by atoms with Crippen molar-refractivity contribution in [3.8, 4) is 0 Å². The van der Waals surface area contributed by atoms with E-state index in [1.54, 1.807) is 0 Å². The molecule has 1 atom stereocenters. The fourth-order valence-electron chi connectivity index (χ4n) is 1.49. The molecule has 0 aromatic heterocycles. The number of nitrogens with zero attached hydrogens (tertiary/aromatic N) is 2. The van der Waals surface area contributed by atoms with Gasteiger partial charge in [-0.1, -0.05) is 17.3 Å². The largest absolute Gasteiger partial charge is 0.378 e. The van der Waals surface area contributed by atoms with Gasteiger partial charge in [0.15, 0.2) is 0 Å². The summed E-state index contributed by atoms with van der Waals surface area (Å²) >= 11 is 0. The molecule has 1 aromatic rings. The smallest absolute Gasteiger partial charge is 0.230 e. The molecule has 15 heavy (non-hydrogen) atoms. The van der Waals surface area contributed by atoms with Crippen molar-refractivity contribution in [2.75, 3.05) is 19.0 Å². The molecule has 1 N–H and O–H groups in total. The van der Waals surface area contributed by atoms with Crippen LogP contribution in [0.1, 0.15) is 12.0 Å². The van der Waals surface area contributed by atoms with Gasteiger partial charge < -0.3 is 14.8 Å². The zero-order valence-electron chi connectivity index (χ0n) is 8.84. The van der Waals surface area contributed by atoms with Crippen molar-refractivity contribution in [2.24, 2.45) is 5.16 Å². The molecule has 1 unspecified atom stereocenters. The standard InChI is InChI=1S/C11H14N2O2/c1-13(2)9-5-3-8(4-6-9)10-7-11(14)15-12-10/h3-6,11,14H,7H2,1-2H3. The van der Waals surface area contributed by atoms with E-state index in [2.05, 4.69) is 5.16 Å². The minimum atomic E-state index is -0.784. The Balaban J connectivity index is 2.17. The van der Waals surface area contributed by atoms with Crippen LogP contribution in [0.15, 0.2) is 29.4 Å². The van der Waals surface area contributed by atoms with E-state index >= 15 is 0 Å². The Morgan fingerprint density at radius 1 is 1.33 bits per heavy atom. The highest BCUT2D eigenvalue weighted by Crippen LogP contribution is 2.18. The van der Waals surface area contributed by atoms with Crippen LogP contribution in [-0.2, 0) is 4.84 Å². The van der Waals surface area contributed by atoms with Crippen LogP contribution in [0, 0.1) is 0 Å². The van der Waals surface area contributed by atoms with Gasteiger partial charge in [0.1, 0.15) is 0 Å². The van der Waals surface area contributed by atoms with Crippen LogP contribution < -0.4 is 4.90 Å². The molecule has 1 aliphatic rings. The lowest BCUT2D eigenvalue weighted by molar-refractivity contribution is -0.0762. The number of aliphatic hydroxyl groups excluding tert-OH is 1. The predicted molar refractivity (Wildman–Crippen MR) is 59.0 cm³/mol. The highest BCUT2D eigenvalue weighted by Gasteiger charge is 2.18. The molecule has 0 amide bonds. The van der Waals surface area contributed by atoms with Crippen molar-refractivity contribution in [2.45, 2.75) is 12.7 Å². The highest BCUT2D eigenvalue weighted by molar-refractivity contribution is 6.01. The molecule has 0 saturated carbocycles. The molecule has 0 bridgehead atoms. The number of benzene rings is 1. The van der Waals surface area contributed by atoms with Gasteiger partial charge in [0.05, 0.1) is 12.1 Å². The first-order chi connectivity index (χ1) is 7.16. The summed E-state index contributed by atoms with van der Waals surface area (Å²) < 4.78 is 0. The highest BCUT2D eigenvalue weighted by atomic mass is 16.7. The third kappa shape index (κ3) is 2.10. The van der Waals surface area contributed by atoms with E-state index in [0.717, 1.165) is 17.0 Å². The van der Waals surface area contributed by atoms with Crippen LogP contribution in [0.4, 0.5) is 5.69 Å². The van der Waals surface area contributed by atoms with E-state index < -0.39 is 6.29 Å². The van der Waals surface area contributed by atoms with E-state index in [4.69, 9.17) is 9.94 Å². The summed E-state index contributed by atoms with van der Waals surface area (Å²) in [6, 6.07) is 8.00. The number of rotatable bonds is 2. The van der Waals surface area contributed by atoms with Crippen molar-refractivity contribution in [3.63, 3.8) is 0 Å². The molecule has 4 nitrogen and oxygen atoms in total. The first-order valence-corrected chi connectivity index (χ1v) is 4.85. The van der Waals surface area contributed by atoms with Gasteiger partial charge in [0.25, 0.3) is 0 Å². The van der Waals surface area contributed by atoms with Gasteiger partial charge in [-0.2, -0.15) is 0 Å². The Labute approximate surface area is 88.8 Å². The SMILES string of the molecule is CN(C)c1ccc(C2=NOC(O)C2)cc1. The van der Waals surface area contributed by atoms with Crippen LogP contribution >= 0.6 is 0 Å². The third-order valence-corrected chi connectivity index (χ3v) is 2.37. The first-order valence-electron chi connectivity index (χ1n) is 4.85. The second kappa shape index (κ2) is 3.90. The average Bonchev–Trinajstić information content (AvgIpc) is 2.65. The molecular formula is C11H14N2O2. The molecule has 1 aromatic carbocycles. The van der Waals surface area contributed by atoms with Crippen LogP contribution in [0.3, 0.4) is 0 Å². The summed E-state index contributed by atoms with van der Waals surface area (Å²) in [5.41, 5.74) is 2.93. The Bertz CT molecular complexity index is 371. The zero-order chi connectivity index (χ0) is 10.8. The van der Waals surface area contributed by atoms with Gasteiger partial charge in [-0.25, -0.2) is 0 Å². The number of oxime groups is 1. The van der Waals surface area contributed by atoms with Crippen molar-refractivity contribution < 1.29 is 9.94 Å². The molecule has 1 heterocycles. The maximum Gasteiger partial charge on any atom is 0.230 e. The minimum Gasteiger partial charge on any atom is -0.378 e. The normalized spacial score (nSPS) is 19.7. The van der Waals surface area contributed by atoms with Crippen molar-refractivity contribution in [3.05, 3.63) is 29.8 Å². The number of anilines is 1. The second-order valence-corrected chi connectivity index (χ2v) is 3.74. The lowest BCUT2D eigenvalue weighted by Gasteiger charge is -2.12. The molecule has 1 aliphatic heterocycles. The maximum absolute atomic E-state index is 9.16. The topological polar surface area (TPSA) is 45.1 Å². The molecule has 0 radical (unpaired) electrons. The van der Waals surface area contributed by atoms with E-state index in [-0.39, 0.29) is 0 Å². The van der Waals surface area contributed by atoms with Crippen molar-refractivity contribution >= 4 is 11.4 Å². The van der Waals surface area contributed by atoms with E-state index in [1.807, 2.05) is 43.3 Å². The van der Waals surface area contributed by atoms with Crippen LogP contribution in [0.5, 0.6) is 0 Å². The van der Waals surface area contributed by atoms with Gasteiger partial charge in [-0.15, -0.1) is 0 Å². The zero-order valence-corrected chi connectivity index (χ0v) is 8.84. The Hall–Kier alpha value is -1.55.